The van der Waals surface area contributed by atoms with Crippen molar-refractivity contribution in [2.45, 2.75) is 58.5 Å². The lowest BCUT2D eigenvalue weighted by Gasteiger charge is -2.19. The number of ether oxygens (including phenoxy) is 4. The van der Waals surface area contributed by atoms with Crippen LogP contribution in [0.15, 0.2) is 49.3 Å². The molecule has 0 aliphatic heterocycles. The number of rotatable bonds is 33. The summed E-state index contributed by atoms with van der Waals surface area (Å²) in [5.41, 5.74) is 0.508. The number of carbonyl (C=O) groups is 10. The Morgan fingerprint density at radius 3 is 1.34 bits per heavy atom. The fourth-order valence-electron chi connectivity index (χ4n) is 7.54. The first-order valence-corrected chi connectivity index (χ1v) is 26.4. The van der Waals surface area contributed by atoms with Gasteiger partial charge in [0.1, 0.15) is 17.0 Å². The average molecular weight is 1160 g/mol. The molecule has 0 fully saturated rings. The first-order valence-electron chi connectivity index (χ1n) is 26.4. The van der Waals surface area contributed by atoms with Crippen molar-refractivity contribution in [2.24, 2.45) is 35.2 Å². The number of amides is 9. The third-order valence-corrected chi connectivity index (χ3v) is 11.5. The van der Waals surface area contributed by atoms with Crippen molar-refractivity contribution in [1.29, 1.82) is 0 Å². The highest BCUT2D eigenvalue weighted by Crippen LogP contribution is 2.17. The molecule has 0 spiro atoms. The second-order valence-corrected chi connectivity index (χ2v) is 19.6. The summed E-state index contributed by atoms with van der Waals surface area (Å²) in [6.07, 6.45) is 8.90. The van der Waals surface area contributed by atoms with Gasteiger partial charge in [-0.3, -0.25) is 47.9 Å². The van der Waals surface area contributed by atoms with Crippen LogP contribution in [0.4, 0.5) is 23.0 Å². The molecular weight excluding hydrogens is 1090 g/mol. The van der Waals surface area contributed by atoms with Crippen LogP contribution in [0.3, 0.4) is 0 Å². The van der Waals surface area contributed by atoms with E-state index in [0.29, 0.717) is 32.1 Å². The Bertz CT molecular complexity index is 3090. The molecular formula is C52H73N17O14. The number of carbonyl (C=O) groups excluding carboxylic acids is 10. The molecule has 31 heteroatoms. The smallest absolute Gasteiger partial charge is 0.308 e. The van der Waals surface area contributed by atoms with E-state index in [9.17, 15) is 47.9 Å². The highest BCUT2D eigenvalue weighted by molar-refractivity contribution is 6.05. The standard InChI is InChI=1S/C52H73N17O14/c1-52(2,3)83-43(74)13-21-80-23-25-82-26-24-81-22-19-54-40(71)9-14-53-39(70)10-15-58-49(77)45-63-37(31-68(45)7)61-41(72)11-16-57-48(76)36-28-34(30-67(36)6)60-51(79)46-64-38(32-69(46)8)62-42(73)12-17-56-47(75)35-27-33(29-66(35)5)59-50(78)44-55-18-20-65(44)4/h18,20,27-32H,9-17,19,21-26H2,1-8H3,(H,53,70)(H,54,71)(H,56,75)(H,57,76)(H,58,77)(H,59,78)(H,60,79)(H,61,72)(H,62,73). The summed E-state index contributed by atoms with van der Waals surface area (Å²) in [7, 11) is 8.00. The molecule has 0 aromatic carbocycles. The SMILES string of the molecule is Cn1cc(NC(=O)c2nc(NC(=O)CCNC(=O)c3cc(NC(=O)c4nccn4C)cn3C)cn2C)cc1C(=O)NCCC(=O)Nc1cn(C)c(C(=O)NCCC(=O)NCCC(=O)NCCOCCOCCOCCC(=O)OC(C)(C)C)n1. The van der Waals surface area contributed by atoms with Crippen LogP contribution in [-0.4, -0.2) is 175 Å². The Morgan fingerprint density at radius 1 is 0.434 bits per heavy atom. The van der Waals surface area contributed by atoms with Crippen LogP contribution in [0.2, 0.25) is 0 Å². The lowest BCUT2D eigenvalue weighted by molar-refractivity contribution is -0.156. The van der Waals surface area contributed by atoms with E-state index >= 15 is 0 Å². The molecule has 5 aromatic heterocycles. The first-order chi connectivity index (χ1) is 39.5. The van der Waals surface area contributed by atoms with Gasteiger partial charge in [0.05, 0.1) is 57.4 Å². The largest absolute Gasteiger partial charge is 0.460 e. The maximum Gasteiger partial charge on any atom is 0.308 e. The Kier molecular flexibility index (Phi) is 24.7. The number of aryl methyl sites for hydroxylation is 5. The maximum atomic E-state index is 13.2. The minimum Gasteiger partial charge on any atom is -0.460 e. The molecule has 0 bridgehead atoms. The van der Waals surface area contributed by atoms with Crippen LogP contribution < -0.4 is 47.9 Å². The molecule has 5 rings (SSSR count). The molecule has 5 aromatic rings. The molecule has 9 N–H and O–H groups in total. The molecule has 0 saturated carbocycles. The molecule has 0 aliphatic rings. The molecule has 0 unspecified atom stereocenters. The van der Waals surface area contributed by atoms with E-state index in [1.807, 2.05) is 0 Å². The quantitative estimate of drug-likeness (QED) is 0.0199. The van der Waals surface area contributed by atoms with E-state index in [0.717, 1.165) is 0 Å². The molecule has 83 heavy (non-hydrogen) atoms. The summed E-state index contributed by atoms with van der Waals surface area (Å²) in [6, 6.07) is 2.92. The van der Waals surface area contributed by atoms with Gasteiger partial charge >= 0.3 is 5.97 Å². The summed E-state index contributed by atoms with van der Waals surface area (Å²) >= 11 is 0. The number of hydrogen-bond donors (Lipinski definition) is 9. The number of imidazole rings is 3. The van der Waals surface area contributed by atoms with Crippen molar-refractivity contribution < 1.29 is 66.9 Å². The van der Waals surface area contributed by atoms with Crippen molar-refractivity contribution in [1.82, 2.24) is 64.4 Å². The van der Waals surface area contributed by atoms with Crippen molar-refractivity contribution in [3.05, 3.63) is 78.2 Å². The number of anilines is 4. The maximum absolute atomic E-state index is 13.2. The number of nitrogens with zero attached hydrogens (tertiary/aromatic N) is 8. The zero-order chi connectivity index (χ0) is 60.6. The van der Waals surface area contributed by atoms with Crippen LogP contribution >= 0.6 is 0 Å². The summed E-state index contributed by atoms with van der Waals surface area (Å²) in [4.78, 5) is 139. The van der Waals surface area contributed by atoms with Crippen molar-refractivity contribution in [2.75, 3.05) is 93.6 Å². The Hall–Kier alpha value is -9.23. The predicted molar refractivity (Wildman–Crippen MR) is 298 cm³/mol. The van der Waals surface area contributed by atoms with Crippen LogP contribution in [0.5, 0.6) is 0 Å². The van der Waals surface area contributed by atoms with Gasteiger partial charge in [-0.1, -0.05) is 0 Å². The lowest BCUT2D eigenvalue weighted by Crippen LogP contribution is -2.34. The van der Waals surface area contributed by atoms with Crippen molar-refractivity contribution in [3.63, 3.8) is 0 Å². The third-order valence-electron chi connectivity index (χ3n) is 11.5. The lowest BCUT2D eigenvalue weighted by atomic mass is 10.2. The molecule has 9 amide bonds. The highest BCUT2D eigenvalue weighted by Gasteiger charge is 2.22. The summed E-state index contributed by atoms with van der Waals surface area (Å²) in [5, 5.41) is 23.8. The zero-order valence-corrected chi connectivity index (χ0v) is 47.7. The summed E-state index contributed by atoms with van der Waals surface area (Å²) < 4.78 is 28.8. The molecule has 0 radical (unpaired) electrons. The van der Waals surface area contributed by atoms with Crippen molar-refractivity contribution >= 4 is 82.1 Å². The van der Waals surface area contributed by atoms with E-state index in [1.165, 1.54) is 55.2 Å². The van der Waals surface area contributed by atoms with Gasteiger partial charge in [-0.05, 0) is 32.9 Å². The monoisotopic (exact) mass is 1160 g/mol. The third kappa shape index (κ3) is 22.0. The number of aromatic nitrogens is 8. The Labute approximate surface area is 477 Å². The van der Waals surface area contributed by atoms with Crippen LogP contribution in [0, 0.1) is 0 Å². The minimum absolute atomic E-state index is 0.0280. The first kappa shape index (κ1) is 64.6. The van der Waals surface area contributed by atoms with Crippen molar-refractivity contribution in [3.8, 4) is 0 Å². The van der Waals surface area contributed by atoms with E-state index in [2.05, 4.69) is 62.8 Å². The van der Waals surface area contributed by atoms with E-state index in [-0.39, 0.29) is 142 Å². The van der Waals surface area contributed by atoms with Gasteiger partial charge in [-0.25, -0.2) is 15.0 Å². The van der Waals surface area contributed by atoms with Crippen LogP contribution in [0.1, 0.15) is 106 Å². The number of hydrogen-bond acceptors (Lipinski definition) is 17. The second kappa shape index (κ2) is 31.7. The fraction of sp³-hybridized carbons (Fsp3) is 0.481. The molecule has 5 heterocycles. The normalized spacial score (nSPS) is 11.1. The zero-order valence-electron chi connectivity index (χ0n) is 47.7. The van der Waals surface area contributed by atoms with Gasteiger partial charge in [-0.2, -0.15) is 0 Å². The Balaban J connectivity index is 0.903. The van der Waals surface area contributed by atoms with Crippen LogP contribution in [0.25, 0.3) is 0 Å². The van der Waals surface area contributed by atoms with Crippen LogP contribution in [-0.2, 0) is 78.2 Å². The van der Waals surface area contributed by atoms with E-state index in [1.54, 1.807) is 73.0 Å². The highest BCUT2D eigenvalue weighted by atomic mass is 16.6. The Morgan fingerprint density at radius 2 is 0.855 bits per heavy atom. The minimum atomic E-state index is -0.643. The summed E-state index contributed by atoms with van der Waals surface area (Å²) in [6.45, 7) is 7.43. The molecule has 0 atom stereocenters. The molecule has 0 saturated heterocycles. The van der Waals surface area contributed by atoms with Gasteiger partial charge in [0.25, 0.3) is 29.5 Å². The van der Waals surface area contributed by atoms with E-state index < -0.39 is 47.0 Å². The number of esters is 1. The topological polar surface area (TPSA) is 379 Å². The molecule has 0 aliphatic carbocycles. The van der Waals surface area contributed by atoms with Gasteiger partial charge < -0.3 is 89.6 Å². The number of nitrogens with one attached hydrogen (secondary N) is 9. The van der Waals surface area contributed by atoms with Gasteiger partial charge in [0.15, 0.2) is 17.5 Å². The predicted octanol–water partition coefficient (Wildman–Crippen LogP) is 0.110. The molecule has 31 nitrogen and oxygen atoms in total. The van der Waals surface area contributed by atoms with Gasteiger partial charge in [0, 0.05) is 131 Å². The average Bonchev–Trinajstić information content (AvgIpc) is 4.28. The fourth-order valence-corrected chi connectivity index (χ4v) is 7.54. The second-order valence-electron chi connectivity index (χ2n) is 19.6. The summed E-state index contributed by atoms with van der Waals surface area (Å²) in [5.74, 6) is -4.44. The van der Waals surface area contributed by atoms with Gasteiger partial charge in [0.2, 0.25) is 35.3 Å². The van der Waals surface area contributed by atoms with E-state index in [4.69, 9.17) is 18.9 Å². The van der Waals surface area contributed by atoms with Gasteiger partial charge in [-0.15, -0.1) is 0 Å². The molecule has 450 valence electrons.